The average Bonchev–Trinajstić information content (AvgIpc) is 3.30. The van der Waals surface area contributed by atoms with Crippen molar-refractivity contribution in [3.05, 3.63) is 71.0 Å². The van der Waals surface area contributed by atoms with E-state index in [1.165, 1.54) is 0 Å². The summed E-state index contributed by atoms with van der Waals surface area (Å²) in [5.41, 5.74) is 5.40. The molecule has 2 aliphatic rings. The molecule has 0 spiro atoms. The first-order valence-corrected chi connectivity index (χ1v) is 10.7. The van der Waals surface area contributed by atoms with Crippen molar-refractivity contribution in [1.29, 1.82) is 0 Å². The van der Waals surface area contributed by atoms with E-state index < -0.39 is 54.3 Å². The summed E-state index contributed by atoms with van der Waals surface area (Å²) >= 11 is 5.90. The molecule has 3 N–H and O–H groups in total. The van der Waals surface area contributed by atoms with Gasteiger partial charge in [-0.2, -0.15) is 18.3 Å². The molecule has 180 valence electrons. The standard InChI is InChI=1S/C21H19ClF3N5O4/c22-11-6-12(18(27-7-11)21(23,24)25)30-19(28-9-29-30)17-15(31)14(26)16-13(33-17)8-32-20(34-16)10-4-2-1-3-5-10/h1-7,9,13-17,20,31H,8,26H2/t13?,14?,15?,16-,17+,20?/m0/s1. The first-order valence-electron chi connectivity index (χ1n) is 10.3. The summed E-state index contributed by atoms with van der Waals surface area (Å²) in [6.45, 7) is 0.0851. The molecule has 9 nitrogen and oxygen atoms in total. The van der Waals surface area contributed by atoms with Gasteiger partial charge < -0.3 is 25.1 Å². The maximum Gasteiger partial charge on any atom is 0.435 e. The van der Waals surface area contributed by atoms with Crippen molar-refractivity contribution in [3.8, 4) is 5.69 Å². The Morgan fingerprint density at radius 1 is 1.15 bits per heavy atom. The van der Waals surface area contributed by atoms with Gasteiger partial charge in [-0.05, 0) is 6.07 Å². The third kappa shape index (κ3) is 4.17. The molecule has 4 heterocycles. The molecule has 1 aromatic carbocycles. The second-order valence-electron chi connectivity index (χ2n) is 7.89. The summed E-state index contributed by atoms with van der Waals surface area (Å²) in [7, 11) is 0. The maximum absolute atomic E-state index is 13.6. The number of alkyl halides is 3. The number of halogens is 4. The van der Waals surface area contributed by atoms with Crippen molar-refractivity contribution < 1.29 is 32.5 Å². The molecule has 5 rings (SSSR count). The number of nitrogens with zero attached hydrogens (tertiary/aromatic N) is 4. The van der Waals surface area contributed by atoms with Crippen LogP contribution >= 0.6 is 11.6 Å². The molecule has 0 radical (unpaired) electrons. The number of rotatable bonds is 3. The third-order valence-corrected chi connectivity index (χ3v) is 5.90. The second-order valence-corrected chi connectivity index (χ2v) is 8.33. The van der Waals surface area contributed by atoms with Gasteiger partial charge in [-0.25, -0.2) is 14.6 Å². The fraction of sp³-hybridized carbons (Fsp3) is 0.381. The predicted octanol–water partition coefficient (Wildman–Crippen LogP) is 2.58. The lowest BCUT2D eigenvalue weighted by molar-refractivity contribution is -0.309. The highest BCUT2D eigenvalue weighted by molar-refractivity contribution is 6.30. The Hall–Kier alpha value is -2.61. The van der Waals surface area contributed by atoms with E-state index in [4.69, 9.17) is 31.5 Å². The van der Waals surface area contributed by atoms with E-state index in [9.17, 15) is 18.3 Å². The van der Waals surface area contributed by atoms with Crippen molar-refractivity contribution in [2.75, 3.05) is 6.61 Å². The van der Waals surface area contributed by atoms with Crippen LogP contribution in [0, 0.1) is 0 Å². The Labute approximate surface area is 196 Å². The van der Waals surface area contributed by atoms with Crippen LogP contribution < -0.4 is 5.73 Å². The zero-order valence-corrected chi connectivity index (χ0v) is 18.1. The molecule has 2 saturated heterocycles. The van der Waals surface area contributed by atoms with Crippen molar-refractivity contribution in [1.82, 2.24) is 19.7 Å². The Bertz CT molecular complexity index is 1160. The minimum absolute atomic E-state index is 0.0349. The molecule has 6 atom stereocenters. The molecule has 0 amide bonds. The fourth-order valence-corrected chi connectivity index (χ4v) is 4.26. The van der Waals surface area contributed by atoms with E-state index in [1.54, 1.807) is 0 Å². The molecule has 2 aliphatic heterocycles. The maximum atomic E-state index is 13.6. The van der Waals surface area contributed by atoms with Gasteiger partial charge in [-0.15, -0.1) is 0 Å². The summed E-state index contributed by atoms with van der Waals surface area (Å²) in [6, 6.07) is 9.31. The fourth-order valence-electron chi connectivity index (χ4n) is 4.10. The number of aromatic nitrogens is 4. The van der Waals surface area contributed by atoms with Crippen molar-refractivity contribution in [2.45, 2.75) is 42.9 Å². The SMILES string of the molecule is NC1C(O)[C@H](c2ncnn2-c2cc(Cl)cnc2C(F)(F)F)OC2COC(c3ccccc3)O[C@@H]21. The number of nitrogens with two attached hydrogens (primary N) is 1. The number of fused-ring (bicyclic) bond motifs is 1. The topological polar surface area (TPSA) is 118 Å². The molecule has 2 fully saturated rings. The predicted molar refractivity (Wildman–Crippen MR) is 111 cm³/mol. The number of hydrogen-bond donors (Lipinski definition) is 2. The highest BCUT2D eigenvalue weighted by atomic mass is 35.5. The monoisotopic (exact) mass is 497 g/mol. The van der Waals surface area contributed by atoms with E-state index in [0.29, 0.717) is 0 Å². The van der Waals surface area contributed by atoms with E-state index in [-0.39, 0.29) is 17.5 Å². The molecule has 0 saturated carbocycles. The molecule has 3 aromatic rings. The molecular formula is C21H19ClF3N5O4. The van der Waals surface area contributed by atoms with E-state index in [1.807, 2.05) is 30.3 Å². The number of ether oxygens (including phenoxy) is 3. The molecule has 0 bridgehead atoms. The summed E-state index contributed by atoms with van der Waals surface area (Å²) in [5.74, 6) is -0.0962. The molecule has 13 heteroatoms. The normalized spacial score (nSPS) is 29.6. The van der Waals surface area contributed by atoms with Crippen LogP contribution in [0.25, 0.3) is 5.69 Å². The lowest BCUT2D eigenvalue weighted by atomic mass is 9.92. The number of aliphatic hydroxyl groups excluding tert-OH is 1. The van der Waals surface area contributed by atoms with E-state index in [0.717, 1.165) is 28.8 Å². The molecule has 34 heavy (non-hydrogen) atoms. The Morgan fingerprint density at radius 2 is 1.91 bits per heavy atom. The largest absolute Gasteiger partial charge is 0.435 e. The smallest absolute Gasteiger partial charge is 0.388 e. The number of pyridine rings is 1. The lowest BCUT2D eigenvalue weighted by Crippen LogP contribution is -2.62. The third-order valence-electron chi connectivity index (χ3n) is 5.70. The molecule has 2 aromatic heterocycles. The Balaban J connectivity index is 1.44. The number of aliphatic hydroxyl groups is 1. The first-order chi connectivity index (χ1) is 16.2. The molecule has 4 unspecified atom stereocenters. The highest BCUT2D eigenvalue weighted by Crippen LogP contribution is 2.39. The van der Waals surface area contributed by atoms with Crippen LogP contribution in [0.3, 0.4) is 0 Å². The lowest BCUT2D eigenvalue weighted by Gasteiger charge is -2.46. The van der Waals surface area contributed by atoms with Gasteiger partial charge in [-0.3, -0.25) is 0 Å². The quantitative estimate of drug-likeness (QED) is 0.567. The van der Waals surface area contributed by atoms with Gasteiger partial charge in [0.15, 0.2) is 17.8 Å². The van der Waals surface area contributed by atoms with Gasteiger partial charge in [0.2, 0.25) is 0 Å². The van der Waals surface area contributed by atoms with Crippen molar-refractivity contribution in [2.24, 2.45) is 5.73 Å². The van der Waals surface area contributed by atoms with Crippen LogP contribution in [0.1, 0.15) is 29.5 Å². The van der Waals surface area contributed by atoms with E-state index >= 15 is 0 Å². The van der Waals surface area contributed by atoms with E-state index in [2.05, 4.69) is 15.1 Å². The van der Waals surface area contributed by atoms with Gasteiger partial charge in [-0.1, -0.05) is 41.9 Å². The average molecular weight is 498 g/mol. The Kier molecular flexibility index (Phi) is 6.04. The number of benzene rings is 1. The van der Waals surface area contributed by atoms with Crippen LogP contribution in [0.2, 0.25) is 5.02 Å². The second kappa shape index (κ2) is 8.87. The van der Waals surface area contributed by atoms with Crippen LogP contribution in [-0.2, 0) is 20.4 Å². The zero-order valence-electron chi connectivity index (χ0n) is 17.3. The van der Waals surface area contributed by atoms with Gasteiger partial charge in [0, 0.05) is 11.8 Å². The Morgan fingerprint density at radius 3 is 2.65 bits per heavy atom. The van der Waals surface area contributed by atoms with Gasteiger partial charge in [0.25, 0.3) is 0 Å². The van der Waals surface area contributed by atoms with Crippen molar-refractivity contribution in [3.63, 3.8) is 0 Å². The molecular weight excluding hydrogens is 479 g/mol. The van der Waals surface area contributed by atoms with Crippen LogP contribution in [-0.4, -0.2) is 55.8 Å². The summed E-state index contributed by atoms with van der Waals surface area (Å²) in [4.78, 5) is 7.46. The van der Waals surface area contributed by atoms with Crippen molar-refractivity contribution >= 4 is 11.6 Å². The van der Waals surface area contributed by atoms with Gasteiger partial charge >= 0.3 is 6.18 Å². The van der Waals surface area contributed by atoms with Crippen LogP contribution in [0.4, 0.5) is 13.2 Å². The van der Waals surface area contributed by atoms with Crippen LogP contribution in [0.15, 0.2) is 48.9 Å². The summed E-state index contributed by atoms with van der Waals surface area (Å²) in [6.07, 6.45) is -7.54. The van der Waals surface area contributed by atoms with Gasteiger partial charge in [0.05, 0.1) is 23.4 Å². The van der Waals surface area contributed by atoms with Gasteiger partial charge in [0.1, 0.15) is 30.7 Å². The minimum atomic E-state index is -4.78. The minimum Gasteiger partial charge on any atom is -0.388 e. The zero-order chi connectivity index (χ0) is 24.0. The number of hydrogen-bond acceptors (Lipinski definition) is 8. The summed E-state index contributed by atoms with van der Waals surface area (Å²) < 4.78 is 59.4. The highest BCUT2D eigenvalue weighted by Gasteiger charge is 2.50. The van der Waals surface area contributed by atoms with Crippen LogP contribution in [0.5, 0.6) is 0 Å². The first kappa shape index (κ1) is 23.1. The summed E-state index contributed by atoms with van der Waals surface area (Å²) in [5, 5.41) is 14.8. The molecule has 0 aliphatic carbocycles.